The molecule has 3 rings (SSSR count). The van der Waals surface area contributed by atoms with Crippen LogP contribution in [0.25, 0.3) is 10.9 Å². The van der Waals surface area contributed by atoms with Crippen molar-refractivity contribution in [3.63, 3.8) is 0 Å². The molecule has 0 atom stereocenters. The molecule has 110 valence electrons. The Kier molecular flexibility index (Phi) is 3.39. The van der Waals surface area contributed by atoms with Crippen LogP contribution in [0.15, 0.2) is 23.0 Å². The smallest absolute Gasteiger partial charge is 0.267 e. The summed E-state index contributed by atoms with van der Waals surface area (Å²) in [6, 6.07) is 5.45. The van der Waals surface area contributed by atoms with E-state index in [0.717, 1.165) is 18.4 Å². The van der Waals surface area contributed by atoms with Crippen LogP contribution >= 0.6 is 0 Å². The molecular formula is C15H16N2O4. The summed E-state index contributed by atoms with van der Waals surface area (Å²) in [5.41, 5.74) is 0.982. The zero-order valence-corrected chi connectivity index (χ0v) is 11.4. The van der Waals surface area contributed by atoms with Gasteiger partial charge in [0.2, 0.25) is 0 Å². The maximum absolute atomic E-state index is 12.5. The summed E-state index contributed by atoms with van der Waals surface area (Å²) in [5.74, 6) is -0.946. The third-order valence-corrected chi connectivity index (χ3v) is 3.79. The highest BCUT2D eigenvalue weighted by molar-refractivity contribution is 6.02. The minimum absolute atomic E-state index is 0.0375. The van der Waals surface area contributed by atoms with Crippen molar-refractivity contribution in [3.05, 3.63) is 39.7 Å². The van der Waals surface area contributed by atoms with E-state index in [1.54, 1.807) is 10.6 Å². The number of para-hydroxylation sites is 1. The highest BCUT2D eigenvalue weighted by Gasteiger charge is 2.24. The van der Waals surface area contributed by atoms with Crippen LogP contribution in [0, 0.1) is 0 Å². The Morgan fingerprint density at radius 2 is 2.19 bits per heavy atom. The van der Waals surface area contributed by atoms with Crippen molar-refractivity contribution >= 4 is 16.8 Å². The molecule has 0 saturated heterocycles. The second kappa shape index (κ2) is 5.21. The number of aromatic hydroxyl groups is 1. The van der Waals surface area contributed by atoms with Crippen molar-refractivity contribution in [2.24, 2.45) is 0 Å². The lowest BCUT2D eigenvalue weighted by Crippen LogP contribution is -2.35. The lowest BCUT2D eigenvalue weighted by atomic mass is 9.99. The lowest BCUT2D eigenvalue weighted by molar-refractivity contribution is 0.0940. The molecule has 0 saturated carbocycles. The number of hydrogen-bond donors (Lipinski definition) is 3. The van der Waals surface area contributed by atoms with Crippen molar-refractivity contribution < 1.29 is 15.0 Å². The van der Waals surface area contributed by atoms with Gasteiger partial charge >= 0.3 is 0 Å². The van der Waals surface area contributed by atoms with Crippen LogP contribution in [0.5, 0.6) is 5.75 Å². The molecule has 0 radical (unpaired) electrons. The number of aryl methyl sites for hydroxylation is 2. The fourth-order valence-electron chi connectivity index (χ4n) is 2.88. The number of carbonyl (C=O) groups is 1. The van der Waals surface area contributed by atoms with E-state index in [4.69, 9.17) is 5.11 Å². The van der Waals surface area contributed by atoms with Crippen LogP contribution in [0.2, 0.25) is 0 Å². The van der Waals surface area contributed by atoms with Gasteiger partial charge in [-0.2, -0.15) is 0 Å². The van der Waals surface area contributed by atoms with Gasteiger partial charge in [0.05, 0.1) is 12.1 Å². The van der Waals surface area contributed by atoms with E-state index in [0.29, 0.717) is 17.4 Å². The summed E-state index contributed by atoms with van der Waals surface area (Å²) < 4.78 is 1.56. The van der Waals surface area contributed by atoms with Gasteiger partial charge in [-0.3, -0.25) is 9.59 Å². The van der Waals surface area contributed by atoms with Crippen molar-refractivity contribution in [3.8, 4) is 5.75 Å². The zero-order chi connectivity index (χ0) is 15.0. The van der Waals surface area contributed by atoms with Gasteiger partial charge in [-0.15, -0.1) is 0 Å². The molecule has 3 N–H and O–H groups in total. The summed E-state index contributed by atoms with van der Waals surface area (Å²) in [7, 11) is 0. The maximum Gasteiger partial charge on any atom is 0.267 e. The average molecular weight is 288 g/mol. The molecule has 2 heterocycles. The number of carbonyl (C=O) groups excluding carboxylic acids is 1. The molecule has 0 unspecified atom stereocenters. The Bertz CT molecular complexity index is 779. The Morgan fingerprint density at radius 3 is 2.95 bits per heavy atom. The van der Waals surface area contributed by atoms with E-state index in [-0.39, 0.29) is 24.5 Å². The number of aromatic nitrogens is 1. The number of hydrogen-bond acceptors (Lipinski definition) is 4. The molecular weight excluding hydrogens is 272 g/mol. The number of nitrogens with zero attached hydrogens (tertiary/aromatic N) is 1. The van der Waals surface area contributed by atoms with Gasteiger partial charge in [0.25, 0.3) is 11.5 Å². The average Bonchev–Trinajstić information content (AvgIpc) is 2.50. The van der Waals surface area contributed by atoms with E-state index < -0.39 is 11.5 Å². The maximum atomic E-state index is 12.5. The number of nitrogens with one attached hydrogen (secondary N) is 1. The van der Waals surface area contributed by atoms with Gasteiger partial charge in [0.1, 0.15) is 11.3 Å². The Labute approximate surface area is 120 Å². The van der Waals surface area contributed by atoms with E-state index in [9.17, 15) is 14.7 Å². The molecule has 0 aliphatic carbocycles. The summed E-state index contributed by atoms with van der Waals surface area (Å²) in [6.07, 6.45) is 1.68. The van der Waals surface area contributed by atoms with Crippen LogP contribution < -0.4 is 10.9 Å². The number of amides is 1. The third kappa shape index (κ3) is 2.08. The molecule has 1 aromatic carbocycles. The SMILES string of the molecule is O=C(NCCO)c1c(O)c2cccc3c2n(c1=O)CCC3. The van der Waals surface area contributed by atoms with Gasteiger partial charge in [0.15, 0.2) is 0 Å². The molecule has 6 nitrogen and oxygen atoms in total. The minimum Gasteiger partial charge on any atom is -0.506 e. The van der Waals surface area contributed by atoms with Gasteiger partial charge < -0.3 is 20.1 Å². The second-order valence-electron chi connectivity index (χ2n) is 5.08. The lowest BCUT2D eigenvalue weighted by Gasteiger charge is -2.21. The van der Waals surface area contributed by atoms with Crippen molar-refractivity contribution in [2.45, 2.75) is 19.4 Å². The first-order chi connectivity index (χ1) is 10.1. The van der Waals surface area contributed by atoms with E-state index in [1.807, 2.05) is 12.1 Å². The molecule has 0 spiro atoms. The van der Waals surface area contributed by atoms with Crippen molar-refractivity contribution in [1.82, 2.24) is 9.88 Å². The highest BCUT2D eigenvalue weighted by Crippen LogP contribution is 2.31. The molecule has 1 amide bonds. The number of aliphatic hydroxyl groups excluding tert-OH is 1. The predicted octanol–water partition coefficient (Wildman–Crippen LogP) is 0.375. The normalized spacial score (nSPS) is 13.4. The first kappa shape index (κ1) is 13.6. The van der Waals surface area contributed by atoms with Crippen molar-refractivity contribution in [2.75, 3.05) is 13.2 Å². The Balaban J connectivity index is 2.28. The summed E-state index contributed by atoms with van der Waals surface area (Å²) in [4.78, 5) is 24.6. The molecule has 1 aromatic heterocycles. The van der Waals surface area contributed by atoms with Crippen LogP contribution in [0.4, 0.5) is 0 Å². The summed E-state index contributed by atoms with van der Waals surface area (Å²) in [5, 5.41) is 22.0. The fraction of sp³-hybridized carbons (Fsp3) is 0.333. The highest BCUT2D eigenvalue weighted by atomic mass is 16.3. The molecule has 1 aliphatic rings. The fourth-order valence-corrected chi connectivity index (χ4v) is 2.88. The minimum atomic E-state index is -0.659. The quantitative estimate of drug-likeness (QED) is 0.761. The summed E-state index contributed by atoms with van der Waals surface area (Å²) in [6.45, 7) is 0.348. The molecule has 0 bridgehead atoms. The number of rotatable bonds is 3. The van der Waals surface area contributed by atoms with Crippen molar-refractivity contribution in [1.29, 1.82) is 0 Å². The van der Waals surface area contributed by atoms with Gasteiger partial charge in [-0.05, 0) is 24.5 Å². The molecule has 1 aliphatic heterocycles. The third-order valence-electron chi connectivity index (χ3n) is 3.79. The zero-order valence-electron chi connectivity index (χ0n) is 11.4. The number of pyridine rings is 1. The summed E-state index contributed by atoms with van der Waals surface area (Å²) >= 11 is 0. The standard InChI is InChI=1S/C15H16N2O4/c18-8-6-16-14(20)11-13(19)10-5-1-3-9-4-2-7-17(12(9)10)15(11)21/h1,3,5,18-19H,2,4,6-8H2,(H,16,20). The first-order valence-electron chi connectivity index (χ1n) is 6.91. The van der Waals surface area contributed by atoms with Crippen LogP contribution in [-0.4, -0.2) is 33.8 Å². The Morgan fingerprint density at radius 1 is 1.38 bits per heavy atom. The largest absolute Gasteiger partial charge is 0.506 e. The topological polar surface area (TPSA) is 91.6 Å². The molecule has 21 heavy (non-hydrogen) atoms. The monoisotopic (exact) mass is 288 g/mol. The van der Waals surface area contributed by atoms with Crippen LogP contribution in [0.1, 0.15) is 22.3 Å². The second-order valence-corrected chi connectivity index (χ2v) is 5.08. The van der Waals surface area contributed by atoms with E-state index >= 15 is 0 Å². The Hall–Kier alpha value is -2.34. The number of benzene rings is 1. The molecule has 0 fully saturated rings. The van der Waals surface area contributed by atoms with Gasteiger partial charge in [0, 0.05) is 18.5 Å². The number of aliphatic hydroxyl groups is 1. The predicted molar refractivity (Wildman–Crippen MR) is 77.6 cm³/mol. The van der Waals surface area contributed by atoms with E-state index in [1.165, 1.54) is 0 Å². The molecule has 6 heteroatoms. The molecule has 2 aromatic rings. The van der Waals surface area contributed by atoms with Crippen LogP contribution in [-0.2, 0) is 13.0 Å². The van der Waals surface area contributed by atoms with Gasteiger partial charge in [-0.1, -0.05) is 12.1 Å². The van der Waals surface area contributed by atoms with Crippen LogP contribution in [0.3, 0.4) is 0 Å². The first-order valence-corrected chi connectivity index (χ1v) is 6.91. The van der Waals surface area contributed by atoms with Gasteiger partial charge in [-0.25, -0.2) is 0 Å². The van der Waals surface area contributed by atoms with E-state index in [2.05, 4.69) is 5.32 Å².